The molecule has 0 amide bonds. The highest BCUT2D eigenvalue weighted by atomic mass is 32.1. The van der Waals surface area contributed by atoms with E-state index in [2.05, 4.69) is 33.1 Å². The van der Waals surface area contributed by atoms with Crippen molar-refractivity contribution in [2.24, 2.45) is 5.92 Å². The van der Waals surface area contributed by atoms with Crippen LogP contribution in [0.1, 0.15) is 20.8 Å². The van der Waals surface area contributed by atoms with E-state index >= 15 is 0 Å². The second-order valence-corrected chi connectivity index (χ2v) is 2.75. The molecular weight excluding hydrogens is 128 g/mol. The van der Waals surface area contributed by atoms with Gasteiger partial charge >= 0.3 is 0 Å². The highest BCUT2D eigenvalue weighted by Gasteiger charge is 1.99. The van der Waals surface area contributed by atoms with Crippen molar-refractivity contribution in [2.45, 2.75) is 20.8 Å². The molecular formula is C8H14S. The fraction of sp³-hybridized carbons (Fsp3) is 0.500. The third-order valence-corrected chi connectivity index (χ3v) is 1.78. The van der Waals surface area contributed by atoms with Crippen LogP contribution in [0.3, 0.4) is 0 Å². The summed E-state index contributed by atoms with van der Waals surface area (Å²) in [6.45, 7) is 10.2. The van der Waals surface area contributed by atoms with E-state index in [0.717, 1.165) is 0 Å². The minimum atomic E-state index is 0.536. The van der Waals surface area contributed by atoms with Crippen molar-refractivity contribution in [3.63, 3.8) is 0 Å². The molecule has 9 heavy (non-hydrogen) atoms. The Labute approximate surface area is 63.1 Å². The van der Waals surface area contributed by atoms with Crippen molar-refractivity contribution in [1.29, 1.82) is 0 Å². The molecule has 0 heterocycles. The van der Waals surface area contributed by atoms with Gasteiger partial charge in [0.1, 0.15) is 0 Å². The maximum atomic E-state index is 4.03. The van der Waals surface area contributed by atoms with Gasteiger partial charge in [-0.25, -0.2) is 0 Å². The molecule has 0 unspecified atom stereocenters. The summed E-state index contributed by atoms with van der Waals surface area (Å²) >= 11 is 4.03. The molecule has 0 N–H and O–H groups in total. The molecule has 0 rings (SSSR count). The molecule has 1 heteroatoms. The lowest BCUT2D eigenvalue weighted by Gasteiger charge is -2.07. The van der Waals surface area contributed by atoms with Crippen LogP contribution >= 0.6 is 12.6 Å². The molecule has 0 aliphatic carbocycles. The lowest BCUT2D eigenvalue weighted by Crippen LogP contribution is -1.92. The summed E-state index contributed by atoms with van der Waals surface area (Å²) in [5.74, 6) is 0.536. The SMILES string of the molecule is C=C(/C(C)=C\S)C(C)C. The minimum absolute atomic E-state index is 0.536. The molecule has 0 saturated heterocycles. The van der Waals surface area contributed by atoms with E-state index in [4.69, 9.17) is 0 Å². The van der Waals surface area contributed by atoms with Gasteiger partial charge in [-0.2, -0.15) is 12.6 Å². The zero-order valence-corrected chi connectivity index (χ0v) is 7.20. The Morgan fingerprint density at radius 2 is 2.00 bits per heavy atom. The Kier molecular flexibility index (Phi) is 3.71. The third-order valence-electron chi connectivity index (χ3n) is 1.40. The topological polar surface area (TPSA) is 0 Å². The summed E-state index contributed by atoms with van der Waals surface area (Å²) in [6, 6.07) is 0. The summed E-state index contributed by atoms with van der Waals surface area (Å²) in [7, 11) is 0. The van der Waals surface area contributed by atoms with Crippen LogP contribution < -0.4 is 0 Å². The molecule has 0 aromatic rings. The van der Waals surface area contributed by atoms with Crippen LogP contribution in [-0.4, -0.2) is 0 Å². The van der Waals surface area contributed by atoms with E-state index in [1.54, 1.807) is 5.41 Å². The number of thiol groups is 1. The van der Waals surface area contributed by atoms with E-state index in [0.29, 0.717) is 5.92 Å². The Morgan fingerprint density at radius 1 is 1.56 bits per heavy atom. The van der Waals surface area contributed by atoms with Crippen LogP contribution in [0.25, 0.3) is 0 Å². The van der Waals surface area contributed by atoms with Gasteiger partial charge in [-0.15, -0.1) is 0 Å². The standard InChI is InChI=1S/C8H14S/c1-6(2)8(4)7(3)5-9/h5-6,9H,4H2,1-3H3/b7-5-. The Morgan fingerprint density at radius 3 is 2.11 bits per heavy atom. The summed E-state index contributed by atoms with van der Waals surface area (Å²) < 4.78 is 0. The second kappa shape index (κ2) is 3.78. The number of hydrogen-bond donors (Lipinski definition) is 1. The average Bonchev–Trinajstić information content (AvgIpc) is 1.84. The van der Waals surface area contributed by atoms with Crippen molar-refractivity contribution < 1.29 is 0 Å². The van der Waals surface area contributed by atoms with Crippen LogP contribution in [-0.2, 0) is 0 Å². The van der Waals surface area contributed by atoms with Crippen LogP contribution in [0.15, 0.2) is 23.1 Å². The number of hydrogen-bond acceptors (Lipinski definition) is 1. The molecule has 0 bridgehead atoms. The Bertz CT molecular complexity index is 132. The lowest BCUT2D eigenvalue weighted by atomic mass is 10.00. The van der Waals surface area contributed by atoms with Crippen LogP contribution in [0, 0.1) is 5.92 Å². The monoisotopic (exact) mass is 142 g/mol. The van der Waals surface area contributed by atoms with Crippen molar-refractivity contribution in [2.75, 3.05) is 0 Å². The molecule has 0 radical (unpaired) electrons. The van der Waals surface area contributed by atoms with Crippen LogP contribution in [0.2, 0.25) is 0 Å². The normalized spacial score (nSPS) is 12.3. The van der Waals surface area contributed by atoms with Gasteiger partial charge in [0.15, 0.2) is 0 Å². The van der Waals surface area contributed by atoms with Gasteiger partial charge in [-0.05, 0) is 29.4 Å². The first-order valence-electron chi connectivity index (χ1n) is 3.09. The first-order valence-corrected chi connectivity index (χ1v) is 3.61. The predicted molar refractivity (Wildman–Crippen MR) is 46.7 cm³/mol. The van der Waals surface area contributed by atoms with Crippen molar-refractivity contribution in [3.8, 4) is 0 Å². The van der Waals surface area contributed by atoms with Gasteiger partial charge in [0.05, 0.1) is 0 Å². The lowest BCUT2D eigenvalue weighted by molar-refractivity contribution is 0.782. The summed E-state index contributed by atoms with van der Waals surface area (Å²) in [5, 5.41) is 1.79. The molecule has 0 aliphatic rings. The summed E-state index contributed by atoms with van der Waals surface area (Å²) in [5.41, 5.74) is 2.35. The quantitative estimate of drug-likeness (QED) is 0.444. The highest BCUT2D eigenvalue weighted by Crippen LogP contribution is 2.16. The smallest absolute Gasteiger partial charge is 0.0222 e. The maximum Gasteiger partial charge on any atom is -0.0222 e. The minimum Gasteiger partial charge on any atom is -0.151 e. The van der Waals surface area contributed by atoms with Gasteiger partial charge in [0.2, 0.25) is 0 Å². The van der Waals surface area contributed by atoms with E-state index in [1.165, 1.54) is 11.1 Å². The third kappa shape index (κ3) is 2.75. The van der Waals surface area contributed by atoms with Crippen molar-refractivity contribution >= 4 is 12.6 Å². The molecule has 52 valence electrons. The van der Waals surface area contributed by atoms with E-state index in [-0.39, 0.29) is 0 Å². The van der Waals surface area contributed by atoms with Gasteiger partial charge in [0, 0.05) is 0 Å². The number of allylic oxidation sites excluding steroid dienone is 2. The van der Waals surface area contributed by atoms with E-state index in [9.17, 15) is 0 Å². The van der Waals surface area contributed by atoms with Gasteiger partial charge in [0.25, 0.3) is 0 Å². The van der Waals surface area contributed by atoms with Crippen molar-refractivity contribution in [1.82, 2.24) is 0 Å². The van der Waals surface area contributed by atoms with E-state index in [1.807, 2.05) is 6.92 Å². The van der Waals surface area contributed by atoms with E-state index < -0.39 is 0 Å². The fourth-order valence-electron chi connectivity index (χ4n) is 0.538. The van der Waals surface area contributed by atoms with Gasteiger partial charge in [-0.3, -0.25) is 0 Å². The molecule has 0 atom stereocenters. The van der Waals surface area contributed by atoms with Crippen LogP contribution in [0.4, 0.5) is 0 Å². The second-order valence-electron chi connectivity index (χ2n) is 2.49. The Hall–Kier alpha value is -0.170. The number of rotatable bonds is 2. The molecule has 0 spiro atoms. The summed E-state index contributed by atoms with van der Waals surface area (Å²) in [4.78, 5) is 0. The van der Waals surface area contributed by atoms with Crippen molar-refractivity contribution in [3.05, 3.63) is 23.1 Å². The van der Waals surface area contributed by atoms with Gasteiger partial charge in [-0.1, -0.05) is 20.4 Å². The van der Waals surface area contributed by atoms with Crippen LogP contribution in [0.5, 0.6) is 0 Å². The molecule has 0 aromatic carbocycles. The maximum absolute atomic E-state index is 4.03. The molecule has 0 aromatic heterocycles. The Balaban J connectivity index is 4.06. The largest absolute Gasteiger partial charge is 0.151 e. The first kappa shape index (κ1) is 8.83. The molecule has 0 saturated carbocycles. The first-order chi connectivity index (χ1) is 4.09. The highest BCUT2D eigenvalue weighted by molar-refractivity contribution is 7.83. The summed E-state index contributed by atoms with van der Waals surface area (Å²) in [6.07, 6.45) is 0. The predicted octanol–water partition coefficient (Wildman–Crippen LogP) is 3.03. The van der Waals surface area contributed by atoms with Gasteiger partial charge < -0.3 is 0 Å². The zero-order chi connectivity index (χ0) is 7.44. The average molecular weight is 142 g/mol. The molecule has 0 aliphatic heterocycles. The fourth-order valence-corrected chi connectivity index (χ4v) is 0.704. The zero-order valence-electron chi connectivity index (χ0n) is 6.31. The molecule has 0 fully saturated rings. The molecule has 0 nitrogen and oxygen atoms in total.